The molecule has 19 heavy (non-hydrogen) atoms. The van der Waals surface area contributed by atoms with E-state index in [-0.39, 0.29) is 17.0 Å². The van der Waals surface area contributed by atoms with Gasteiger partial charge in [0.25, 0.3) is 0 Å². The van der Waals surface area contributed by atoms with Gasteiger partial charge in [-0.1, -0.05) is 6.42 Å². The van der Waals surface area contributed by atoms with Crippen molar-refractivity contribution in [1.82, 2.24) is 5.32 Å². The zero-order chi connectivity index (χ0) is 13.7. The normalized spacial score (nSPS) is 19.7. The molecule has 0 aromatic heterocycles. The number of amides is 1. The quantitative estimate of drug-likeness (QED) is 0.923. The lowest BCUT2D eigenvalue weighted by Gasteiger charge is -2.14. The van der Waals surface area contributed by atoms with E-state index in [1.54, 1.807) is 24.9 Å². The number of rotatable bonds is 4. The summed E-state index contributed by atoms with van der Waals surface area (Å²) < 4.78 is 18.5. The van der Waals surface area contributed by atoms with Crippen molar-refractivity contribution in [3.63, 3.8) is 0 Å². The Labute approximate surface area is 116 Å². The van der Waals surface area contributed by atoms with Gasteiger partial charge in [-0.25, -0.2) is 4.39 Å². The molecule has 104 valence electrons. The number of carbonyl (C=O) groups is 1. The molecule has 1 fully saturated rings. The lowest BCUT2D eigenvalue weighted by atomic mass is 10.2. The van der Waals surface area contributed by atoms with Crippen LogP contribution in [0.4, 0.5) is 4.39 Å². The molecule has 5 heteroatoms. The second-order valence-corrected chi connectivity index (χ2v) is 5.73. The van der Waals surface area contributed by atoms with E-state index < -0.39 is 0 Å². The molecule has 1 aliphatic heterocycles. The van der Waals surface area contributed by atoms with Crippen LogP contribution in [0.1, 0.15) is 24.8 Å². The average Bonchev–Trinajstić information content (AvgIpc) is 2.61. The molecular weight excluding hydrogens is 265 g/mol. The van der Waals surface area contributed by atoms with Gasteiger partial charge in [0.2, 0.25) is 5.91 Å². The molecule has 0 spiro atoms. The highest BCUT2D eigenvalue weighted by atomic mass is 32.2. The van der Waals surface area contributed by atoms with Crippen molar-refractivity contribution in [1.29, 1.82) is 0 Å². The van der Waals surface area contributed by atoms with E-state index in [0.29, 0.717) is 11.5 Å². The zero-order valence-corrected chi connectivity index (χ0v) is 11.8. The number of ether oxygens (including phenoxy) is 1. The third kappa shape index (κ3) is 3.86. The Morgan fingerprint density at radius 1 is 1.47 bits per heavy atom. The topological polar surface area (TPSA) is 38.3 Å². The molecule has 1 amide bonds. The van der Waals surface area contributed by atoms with Crippen molar-refractivity contribution in [3.05, 3.63) is 29.6 Å². The van der Waals surface area contributed by atoms with Crippen molar-refractivity contribution < 1.29 is 13.9 Å². The fourth-order valence-corrected chi connectivity index (χ4v) is 3.29. The molecule has 1 aromatic rings. The van der Waals surface area contributed by atoms with Gasteiger partial charge in [0.1, 0.15) is 11.6 Å². The Kier molecular flexibility index (Phi) is 5.07. The minimum absolute atomic E-state index is 0.0459. The number of benzene rings is 1. The Balaban J connectivity index is 2.01. The molecule has 0 aliphatic carbocycles. The molecule has 0 bridgehead atoms. The minimum Gasteiger partial charge on any atom is -0.496 e. The number of carbonyl (C=O) groups excluding carboxylic acids is 1. The number of thioether (sulfide) groups is 1. The maximum atomic E-state index is 13.2. The van der Waals surface area contributed by atoms with E-state index in [4.69, 9.17) is 4.74 Å². The Bertz CT molecular complexity index is 453. The molecule has 0 saturated carbocycles. The number of methoxy groups -OCH3 is 1. The molecule has 1 N–H and O–H groups in total. The van der Waals surface area contributed by atoms with Crippen molar-refractivity contribution in [2.45, 2.75) is 30.3 Å². The molecule has 1 heterocycles. The van der Waals surface area contributed by atoms with Crippen LogP contribution in [-0.2, 0) is 10.5 Å². The van der Waals surface area contributed by atoms with Gasteiger partial charge >= 0.3 is 0 Å². The summed E-state index contributed by atoms with van der Waals surface area (Å²) in [6, 6.07) is 4.48. The van der Waals surface area contributed by atoms with Gasteiger partial charge in [0, 0.05) is 17.9 Å². The third-order valence-corrected chi connectivity index (χ3v) is 4.50. The van der Waals surface area contributed by atoms with E-state index in [9.17, 15) is 9.18 Å². The summed E-state index contributed by atoms with van der Waals surface area (Å²) in [5, 5.41) is 2.86. The first-order chi connectivity index (χ1) is 9.20. The first-order valence-corrected chi connectivity index (χ1v) is 7.47. The molecule has 3 nitrogen and oxygen atoms in total. The Morgan fingerprint density at radius 3 is 3.11 bits per heavy atom. The van der Waals surface area contributed by atoms with Crippen molar-refractivity contribution in [3.8, 4) is 5.75 Å². The lowest BCUT2D eigenvalue weighted by molar-refractivity contribution is -0.120. The van der Waals surface area contributed by atoms with Crippen LogP contribution in [0.25, 0.3) is 0 Å². The summed E-state index contributed by atoms with van der Waals surface area (Å²) in [5.41, 5.74) is 0.796. The highest BCUT2D eigenvalue weighted by Crippen LogP contribution is 2.28. The molecule has 0 radical (unpaired) electrons. The number of nitrogens with one attached hydrogen (secondary N) is 1. The summed E-state index contributed by atoms with van der Waals surface area (Å²) in [4.78, 5) is 11.8. The lowest BCUT2D eigenvalue weighted by Crippen LogP contribution is -2.30. The van der Waals surface area contributed by atoms with E-state index in [2.05, 4.69) is 5.32 Å². The monoisotopic (exact) mass is 283 g/mol. The van der Waals surface area contributed by atoms with Gasteiger partial charge in [-0.05, 0) is 31.0 Å². The van der Waals surface area contributed by atoms with Crippen LogP contribution in [0, 0.1) is 5.82 Å². The summed E-state index contributed by atoms with van der Waals surface area (Å²) in [5.74, 6) is 1.07. The fraction of sp³-hybridized carbons (Fsp3) is 0.500. The van der Waals surface area contributed by atoms with Gasteiger partial charge < -0.3 is 10.1 Å². The van der Waals surface area contributed by atoms with Crippen LogP contribution in [0.3, 0.4) is 0 Å². The van der Waals surface area contributed by atoms with E-state index in [0.717, 1.165) is 31.4 Å². The highest BCUT2D eigenvalue weighted by Gasteiger charge is 2.21. The van der Waals surface area contributed by atoms with Gasteiger partial charge in [-0.15, -0.1) is 11.8 Å². The molecule has 1 saturated heterocycles. The van der Waals surface area contributed by atoms with Crippen LogP contribution in [0.5, 0.6) is 5.75 Å². The van der Waals surface area contributed by atoms with Crippen LogP contribution in [-0.4, -0.2) is 24.8 Å². The largest absolute Gasteiger partial charge is 0.496 e. The Hall–Kier alpha value is -1.23. The van der Waals surface area contributed by atoms with E-state index in [1.807, 2.05) is 0 Å². The molecular formula is C14H18FNO2S. The van der Waals surface area contributed by atoms with Crippen LogP contribution >= 0.6 is 11.8 Å². The number of hydrogen-bond donors (Lipinski definition) is 1. The maximum Gasteiger partial charge on any atom is 0.233 e. The number of hydrogen-bond acceptors (Lipinski definition) is 3. The maximum absolute atomic E-state index is 13.2. The van der Waals surface area contributed by atoms with Gasteiger partial charge in [-0.3, -0.25) is 4.79 Å². The smallest absolute Gasteiger partial charge is 0.233 e. The minimum atomic E-state index is -0.276. The standard InChI is InChI=1S/C14H18FNO2S/c1-18-12-6-5-11(15)8-10(12)9-19-13-4-2-3-7-16-14(13)17/h5-6,8,13H,2-4,7,9H2,1H3,(H,16,17). The van der Waals surface area contributed by atoms with Crippen molar-refractivity contribution in [2.24, 2.45) is 0 Å². The second kappa shape index (κ2) is 6.80. The van der Waals surface area contributed by atoms with Crippen LogP contribution in [0.2, 0.25) is 0 Å². The van der Waals surface area contributed by atoms with Crippen molar-refractivity contribution in [2.75, 3.05) is 13.7 Å². The number of halogens is 1. The average molecular weight is 283 g/mol. The summed E-state index contributed by atoms with van der Waals surface area (Å²) >= 11 is 1.55. The fourth-order valence-electron chi connectivity index (χ4n) is 2.12. The molecule has 2 rings (SSSR count). The van der Waals surface area contributed by atoms with Gasteiger partial charge in [0.05, 0.1) is 12.4 Å². The van der Waals surface area contributed by atoms with Crippen molar-refractivity contribution >= 4 is 17.7 Å². The molecule has 1 atom stereocenters. The highest BCUT2D eigenvalue weighted by molar-refractivity contribution is 7.99. The molecule has 1 aliphatic rings. The summed E-state index contributed by atoms with van der Waals surface area (Å²) in [7, 11) is 1.57. The molecule has 1 aromatic carbocycles. The second-order valence-electron chi connectivity index (χ2n) is 4.54. The summed E-state index contributed by atoms with van der Waals surface area (Å²) in [6.07, 6.45) is 2.97. The first-order valence-electron chi connectivity index (χ1n) is 6.42. The zero-order valence-electron chi connectivity index (χ0n) is 10.9. The predicted octanol–water partition coefficient (Wildman–Crippen LogP) is 2.74. The van der Waals surface area contributed by atoms with E-state index >= 15 is 0 Å². The third-order valence-electron chi connectivity index (χ3n) is 3.17. The summed E-state index contributed by atoms with van der Waals surface area (Å²) in [6.45, 7) is 0.763. The van der Waals surface area contributed by atoms with Crippen LogP contribution in [0.15, 0.2) is 18.2 Å². The van der Waals surface area contributed by atoms with Gasteiger partial charge in [-0.2, -0.15) is 0 Å². The first kappa shape index (κ1) is 14.2. The molecule has 1 unspecified atom stereocenters. The Morgan fingerprint density at radius 2 is 2.32 bits per heavy atom. The van der Waals surface area contributed by atoms with E-state index in [1.165, 1.54) is 12.1 Å². The van der Waals surface area contributed by atoms with Gasteiger partial charge in [0.15, 0.2) is 0 Å². The van der Waals surface area contributed by atoms with Crippen LogP contribution < -0.4 is 10.1 Å². The predicted molar refractivity (Wildman–Crippen MR) is 74.9 cm³/mol. The SMILES string of the molecule is COc1ccc(F)cc1CSC1CCCCNC1=O.